The van der Waals surface area contributed by atoms with Crippen LogP contribution in [0.4, 0.5) is 4.39 Å². The number of fused-ring (bicyclic) bond motifs is 1. The summed E-state index contributed by atoms with van der Waals surface area (Å²) in [6.45, 7) is 0.938. The number of aromatic nitrogens is 4. The van der Waals surface area contributed by atoms with Crippen LogP contribution in [0.2, 0.25) is 0 Å². The number of methoxy groups -OCH3 is 1. The first-order valence-electron chi connectivity index (χ1n) is 8.47. The fourth-order valence-electron chi connectivity index (χ4n) is 3.04. The number of imidazole rings is 1. The summed E-state index contributed by atoms with van der Waals surface area (Å²) in [6.07, 6.45) is 5.19. The van der Waals surface area contributed by atoms with Crippen LogP contribution >= 0.6 is 0 Å². The van der Waals surface area contributed by atoms with Crippen molar-refractivity contribution < 1.29 is 9.13 Å². The van der Waals surface area contributed by atoms with E-state index < -0.39 is 5.82 Å². The average molecular weight is 364 g/mol. The Hall–Kier alpha value is -3.48. The molecule has 0 radical (unpaired) electrons. The number of hydrogen-bond acceptors (Lipinski definition) is 4. The van der Waals surface area contributed by atoms with Gasteiger partial charge in [-0.15, -0.1) is 0 Å². The largest absolute Gasteiger partial charge is 0.494 e. The molecule has 0 fully saturated rings. The fourth-order valence-corrected chi connectivity index (χ4v) is 3.04. The maximum absolute atomic E-state index is 14.2. The van der Waals surface area contributed by atoms with E-state index in [-0.39, 0.29) is 11.3 Å². The van der Waals surface area contributed by atoms with E-state index in [9.17, 15) is 9.18 Å². The van der Waals surface area contributed by atoms with Crippen LogP contribution in [0.5, 0.6) is 5.75 Å². The summed E-state index contributed by atoms with van der Waals surface area (Å²) in [5, 5.41) is 5.76. The molecule has 0 atom stereocenters. The van der Waals surface area contributed by atoms with Gasteiger partial charge in [-0.25, -0.2) is 14.1 Å². The second-order valence-electron chi connectivity index (χ2n) is 6.07. The van der Waals surface area contributed by atoms with Gasteiger partial charge in [-0.1, -0.05) is 18.2 Å². The smallest absolute Gasteiger partial charge is 0.274 e. The van der Waals surface area contributed by atoms with E-state index in [0.29, 0.717) is 35.1 Å². The van der Waals surface area contributed by atoms with Gasteiger partial charge < -0.3 is 9.30 Å². The molecule has 6 nitrogen and oxygen atoms in total. The lowest BCUT2D eigenvalue weighted by molar-refractivity contribution is 0.386. The van der Waals surface area contributed by atoms with E-state index in [1.165, 1.54) is 17.9 Å². The Morgan fingerprint density at radius 3 is 2.63 bits per heavy atom. The van der Waals surface area contributed by atoms with Crippen molar-refractivity contribution >= 4 is 10.8 Å². The van der Waals surface area contributed by atoms with Crippen LogP contribution in [-0.2, 0) is 13.1 Å². The van der Waals surface area contributed by atoms with E-state index in [1.807, 2.05) is 29.0 Å². The first kappa shape index (κ1) is 17.0. The van der Waals surface area contributed by atoms with Crippen molar-refractivity contribution in [3.8, 4) is 17.0 Å². The number of benzene rings is 2. The van der Waals surface area contributed by atoms with Gasteiger partial charge in [0.15, 0.2) is 11.6 Å². The fraction of sp³-hybridized carbons (Fsp3) is 0.150. The summed E-state index contributed by atoms with van der Waals surface area (Å²) in [5.41, 5.74) is 0.960. The molecule has 7 heteroatoms. The Morgan fingerprint density at radius 1 is 1.11 bits per heavy atom. The minimum atomic E-state index is -0.475. The highest BCUT2D eigenvalue weighted by molar-refractivity contribution is 5.93. The minimum Gasteiger partial charge on any atom is -0.494 e. The third-order valence-corrected chi connectivity index (χ3v) is 4.42. The van der Waals surface area contributed by atoms with Gasteiger partial charge in [-0.05, 0) is 24.3 Å². The van der Waals surface area contributed by atoms with Crippen LogP contribution in [0.25, 0.3) is 22.0 Å². The molecule has 0 amide bonds. The van der Waals surface area contributed by atoms with E-state index in [0.717, 1.165) is 0 Å². The molecule has 2 aromatic heterocycles. The highest BCUT2D eigenvalue weighted by atomic mass is 19.1. The van der Waals surface area contributed by atoms with Crippen molar-refractivity contribution in [1.82, 2.24) is 19.3 Å². The van der Waals surface area contributed by atoms with Crippen LogP contribution in [-0.4, -0.2) is 26.4 Å². The van der Waals surface area contributed by atoms with Crippen molar-refractivity contribution in [2.45, 2.75) is 13.1 Å². The molecule has 136 valence electrons. The highest BCUT2D eigenvalue weighted by Gasteiger charge is 2.14. The van der Waals surface area contributed by atoms with Crippen LogP contribution in [0.15, 0.2) is 66.0 Å². The molecule has 0 spiro atoms. The lowest BCUT2D eigenvalue weighted by atomic mass is 10.0. The third-order valence-electron chi connectivity index (χ3n) is 4.42. The number of hydrogen-bond donors (Lipinski definition) is 0. The lowest BCUT2D eigenvalue weighted by Gasteiger charge is -2.12. The zero-order valence-electron chi connectivity index (χ0n) is 14.7. The first-order valence-corrected chi connectivity index (χ1v) is 8.47. The minimum absolute atomic E-state index is 0.163. The van der Waals surface area contributed by atoms with Crippen LogP contribution in [0, 0.1) is 5.82 Å². The normalized spacial score (nSPS) is 11.0. The second kappa shape index (κ2) is 7.03. The number of aryl methyl sites for hydroxylation is 2. The van der Waals surface area contributed by atoms with Gasteiger partial charge >= 0.3 is 0 Å². The maximum Gasteiger partial charge on any atom is 0.274 e. The molecule has 4 aromatic rings. The monoisotopic (exact) mass is 364 g/mol. The molecule has 0 aliphatic carbocycles. The molecule has 2 aromatic carbocycles. The Morgan fingerprint density at radius 2 is 1.93 bits per heavy atom. The molecular weight excluding hydrogens is 347 g/mol. The van der Waals surface area contributed by atoms with Gasteiger partial charge in [0.1, 0.15) is 0 Å². The van der Waals surface area contributed by atoms with E-state index in [4.69, 9.17) is 4.74 Å². The van der Waals surface area contributed by atoms with Gasteiger partial charge in [-0.2, -0.15) is 5.10 Å². The van der Waals surface area contributed by atoms with E-state index in [2.05, 4.69) is 10.1 Å². The summed E-state index contributed by atoms with van der Waals surface area (Å²) in [5.74, 6) is -0.312. The van der Waals surface area contributed by atoms with Gasteiger partial charge in [-0.3, -0.25) is 4.79 Å². The molecule has 0 saturated heterocycles. The van der Waals surface area contributed by atoms with E-state index in [1.54, 1.807) is 30.7 Å². The van der Waals surface area contributed by atoms with Gasteiger partial charge in [0.05, 0.1) is 31.1 Å². The number of rotatable bonds is 5. The third kappa shape index (κ3) is 3.19. The van der Waals surface area contributed by atoms with Crippen LogP contribution < -0.4 is 10.3 Å². The first-order chi connectivity index (χ1) is 13.2. The topological polar surface area (TPSA) is 61.9 Å². The predicted molar refractivity (Wildman–Crippen MR) is 100 cm³/mol. The molecule has 0 aliphatic rings. The summed E-state index contributed by atoms with van der Waals surface area (Å²) >= 11 is 0. The predicted octanol–water partition coefficient (Wildman–Crippen LogP) is 3.11. The average Bonchev–Trinajstić information content (AvgIpc) is 3.21. The molecule has 0 saturated carbocycles. The number of halogens is 1. The molecule has 2 heterocycles. The highest BCUT2D eigenvalue weighted by Crippen LogP contribution is 2.28. The van der Waals surface area contributed by atoms with Gasteiger partial charge in [0.25, 0.3) is 5.56 Å². The Labute approximate surface area is 154 Å². The number of nitrogens with zero attached hydrogens (tertiary/aromatic N) is 4. The summed E-state index contributed by atoms with van der Waals surface area (Å²) in [6, 6.07) is 11.9. The van der Waals surface area contributed by atoms with Crippen molar-refractivity contribution in [2.24, 2.45) is 0 Å². The lowest BCUT2D eigenvalue weighted by Crippen LogP contribution is -2.25. The summed E-state index contributed by atoms with van der Waals surface area (Å²) in [7, 11) is 1.42. The van der Waals surface area contributed by atoms with Crippen molar-refractivity contribution in [3.05, 3.63) is 77.4 Å². The maximum atomic E-state index is 14.2. The second-order valence-corrected chi connectivity index (χ2v) is 6.07. The molecule has 0 aliphatic heterocycles. The van der Waals surface area contributed by atoms with E-state index >= 15 is 0 Å². The Balaban J connectivity index is 1.85. The SMILES string of the molecule is COc1ccc(-c2nn(CCn3ccnc3)c(=O)c3ccccc23)cc1F. The molecule has 0 bridgehead atoms. The van der Waals surface area contributed by atoms with Crippen molar-refractivity contribution in [1.29, 1.82) is 0 Å². The molecule has 0 N–H and O–H groups in total. The zero-order chi connectivity index (χ0) is 18.8. The van der Waals surface area contributed by atoms with Gasteiger partial charge in [0, 0.05) is 29.9 Å². The Bertz CT molecular complexity index is 1150. The Kier molecular flexibility index (Phi) is 4.42. The zero-order valence-corrected chi connectivity index (χ0v) is 14.7. The number of ether oxygens (including phenoxy) is 1. The van der Waals surface area contributed by atoms with Crippen LogP contribution in [0.1, 0.15) is 0 Å². The standard InChI is InChI=1S/C20H17FN4O2/c1-27-18-7-6-14(12-17(18)21)19-15-4-2-3-5-16(15)20(26)25(23-19)11-10-24-9-8-22-13-24/h2-9,12-13H,10-11H2,1H3. The molecule has 27 heavy (non-hydrogen) atoms. The van der Waals surface area contributed by atoms with Gasteiger partial charge in [0.2, 0.25) is 0 Å². The molecule has 4 rings (SSSR count). The quantitative estimate of drug-likeness (QED) is 0.546. The van der Waals surface area contributed by atoms with Crippen molar-refractivity contribution in [3.63, 3.8) is 0 Å². The summed E-state index contributed by atoms with van der Waals surface area (Å²) in [4.78, 5) is 16.8. The van der Waals surface area contributed by atoms with Crippen molar-refractivity contribution in [2.75, 3.05) is 7.11 Å². The summed E-state index contributed by atoms with van der Waals surface area (Å²) < 4.78 is 22.5. The van der Waals surface area contributed by atoms with Crippen LogP contribution in [0.3, 0.4) is 0 Å². The molecule has 0 unspecified atom stereocenters. The molecular formula is C20H17FN4O2.